The summed E-state index contributed by atoms with van der Waals surface area (Å²) in [6, 6.07) is 4.07. The van der Waals surface area contributed by atoms with Crippen molar-refractivity contribution in [2.24, 2.45) is 0 Å². The molecule has 146 valence electrons. The number of hydrogen-bond donors (Lipinski definition) is 0. The maximum absolute atomic E-state index is 13.4. The molecule has 1 amide bonds. The van der Waals surface area contributed by atoms with E-state index in [0.29, 0.717) is 5.91 Å². The molecule has 0 aromatic heterocycles. The Balaban J connectivity index is 0.00000117. The van der Waals surface area contributed by atoms with Crippen LogP contribution in [-0.4, -0.2) is 43.1 Å². The highest BCUT2D eigenvalue weighted by molar-refractivity contribution is 6.30. The molecule has 2 heterocycles. The van der Waals surface area contributed by atoms with E-state index in [9.17, 15) is 4.79 Å². The van der Waals surface area contributed by atoms with Gasteiger partial charge in [-0.05, 0) is 69.2 Å². The van der Waals surface area contributed by atoms with E-state index in [2.05, 4.69) is 20.9 Å². The maximum Gasteiger partial charge on any atom is 0.285 e. The summed E-state index contributed by atoms with van der Waals surface area (Å²) in [7, 11) is 2.30. The van der Waals surface area contributed by atoms with Gasteiger partial charge < -0.3 is 9.38 Å². The van der Waals surface area contributed by atoms with Crippen molar-refractivity contribution in [3.05, 3.63) is 28.3 Å². The van der Waals surface area contributed by atoms with Crippen LogP contribution in [0, 0.1) is 13.8 Å². The van der Waals surface area contributed by atoms with Gasteiger partial charge in [-0.15, -0.1) is 0 Å². The quantitative estimate of drug-likeness (QED) is 0.621. The smallest absolute Gasteiger partial charge is 0.285 e. The van der Waals surface area contributed by atoms with Crippen LogP contribution in [0.3, 0.4) is 0 Å². The average Bonchev–Trinajstić information content (AvgIpc) is 2.82. The van der Waals surface area contributed by atoms with Gasteiger partial charge in [0.2, 0.25) is 0 Å². The largest absolute Gasteiger partial charge is 0.316 e. The summed E-state index contributed by atoms with van der Waals surface area (Å²) in [5, 5.41) is 0.751. The lowest BCUT2D eigenvalue weighted by molar-refractivity contribution is -0.924. The van der Waals surface area contributed by atoms with Crippen molar-refractivity contribution in [1.29, 1.82) is 0 Å². The van der Waals surface area contributed by atoms with Crippen molar-refractivity contribution < 1.29 is 9.28 Å². The van der Waals surface area contributed by atoms with Crippen LogP contribution < -0.4 is 4.90 Å². The lowest BCUT2D eigenvalue weighted by Gasteiger charge is -2.45. The minimum absolute atomic E-state index is 0.117. The summed E-state index contributed by atoms with van der Waals surface area (Å²) in [5.41, 5.74) is 3.29. The van der Waals surface area contributed by atoms with Gasteiger partial charge >= 0.3 is 0 Å². The second-order valence-corrected chi connectivity index (χ2v) is 8.31. The summed E-state index contributed by atoms with van der Waals surface area (Å²) < 4.78 is 0.932. The topological polar surface area (TPSA) is 20.3 Å². The zero-order chi connectivity index (χ0) is 19.3. The number of carbonyl (C=O) groups is 1. The molecule has 0 saturated carbocycles. The molecule has 26 heavy (non-hydrogen) atoms. The first-order valence-electron chi connectivity index (χ1n) is 10.3. The summed E-state index contributed by atoms with van der Waals surface area (Å²) in [5.74, 6) is 0.319. The molecule has 2 fully saturated rings. The molecular formula is C22H36ClN2O+. The van der Waals surface area contributed by atoms with Gasteiger partial charge in [0.1, 0.15) is 0 Å². The van der Waals surface area contributed by atoms with E-state index < -0.39 is 0 Å². The Labute approximate surface area is 164 Å². The van der Waals surface area contributed by atoms with Gasteiger partial charge in [0.05, 0.1) is 20.1 Å². The van der Waals surface area contributed by atoms with Gasteiger partial charge in [-0.25, -0.2) is 0 Å². The number of halogens is 1. The lowest BCUT2D eigenvalue weighted by Crippen LogP contribution is -2.62. The third-order valence-electron chi connectivity index (χ3n) is 5.98. The first-order valence-corrected chi connectivity index (χ1v) is 10.7. The van der Waals surface area contributed by atoms with Gasteiger partial charge in [0.25, 0.3) is 5.91 Å². The number of rotatable bonds is 2. The minimum Gasteiger partial charge on any atom is -0.316 e. The molecule has 1 aromatic carbocycles. The zero-order valence-corrected chi connectivity index (χ0v) is 18.0. The second kappa shape index (κ2) is 9.23. The minimum atomic E-state index is 0.117. The van der Waals surface area contributed by atoms with Gasteiger partial charge in [0, 0.05) is 23.7 Å². The fourth-order valence-corrected chi connectivity index (χ4v) is 5.04. The monoisotopic (exact) mass is 379 g/mol. The number of nitrogens with zero attached hydrogens (tertiary/aromatic N) is 2. The predicted molar refractivity (Wildman–Crippen MR) is 112 cm³/mol. The van der Waals surface area contributed by atoms with Gasteiger partial charge in [-0.3, -0.25) is 4.79 Å². The number of benzene rings is 1. The van der Waals surface area contributed by atoms with Crippen LogP contribution in [0.2, 0.25) is 5.02 Å². The summed E-state index contributed by atoms with van der Waals surface area (Å²) in [4.78, 5) is 15.5. The van der Waals surface area contributed by atoms with Crippen molar-refractivity contribution in [2.45, 2.75) is 72.3 Å². The molecule has 0 aliphatic carbocycles. The highest BCUT2D eigenvalue weighted by atomic mass is 35.5. The number of likely N-dealkylation sites (N-methyl/N-ethyl adjacent to an activating group) is 1. The van der Waals surface area contributed by atoms with Gasteiger partial charge in [0.15, 0.2) is 6.04 Å². The van der Waals surface area contributed by atoms with E-state index in [-0.39, 0.29) is 6.04 Å². The number of likely N-dealkylation sites (tertiary alicyclic amines) is 1. The molecule has 1 unspecified atom stereocenters. The first-order chi connectivity index (χ1) is 12.4. The number of amides is 1. The van der Waals surface area contributed by atoms with Gasteiger partial charge in [-0.2, -0.15) is 0 Å². The molecule has 0 bridgehead atoms. The Morgan fingerprint density at radius 3 is 2.08 bits per heavy atom. The van der Waals surface area contributed by atoms with E-state index in [1.807, 2.05) is 30.9 Å². The fourth-order valence-electron chi connectivity index (χ4n) is 4.71. The number of aryl methyl sites for hydroxylation is 2. The number of quaternary nitrogens is 1. The van der Waals surface area contributed by atoms with E-state index >= 15 is 0 Å². The summed E-state index contributed by atoms with van der Waals surface area (Å²) in [6.07, 6.45) is 7.24. The van der Waals surface area contributed by atoms with Crippen molar-refractivity contribution in [3.63, 3.8) is 0 Å². The summed E-state index contributed by atoms with van der Waals surface area (Å²) >= 11 is 6.18. The van der Waals surface area contributed by atoms with Crippen LogP contribution in [-0.2, 0) is 4.79 Å². The van der Waals surface area contributed by atoms with E-state index in [4.69, 9.17) is 11.6 Å². The molecule has 3 rings (SSSR count). The molecule has 1 aromatic rings. The SMILES string of the molecule is CC.Cc1cc(Cl)cc(C)c1N1CCCC([N+]2(C)CCCCCC2)C1=O. The van der Waals surface area contributed by atoms with Crippen molar-refractivity contribution in [1.82, 2.24) is 0 Å². The van der Waals surface area contributed by atoms with Crippen LogP contribution in [0.25, 0.3) is 0 Å². The molecule has 2 aliphatic rings. The Morgan fingerprint density at radius 1 is 1.00 bits per heavy atom. The Morgan fingerprint density at radius 2 is 1.54 bits per heavy atom. The average molecular weight is 380 g/mol. The first kappa shape index (κ1) is 21.2. The highest BCUT2D eigenvalue weighted by Gasteiger charge is 2.43. The molecule has 2 saturated heterocycles. The van der Waals surface area contributed by atoms with Crippen molar-refractivity contribution >= 4 is 23.2 Å². The van der Waals surface area contributed by atoms with Crippen molar-refractivity contribution in [3.8, 4) is 0 Å². The lowest BCUT2D eigenvalue weighted by atomic mass is 9.97. The van der Waals surface area contributed by atoms with Crippen LogP contribution >= 0.6 is 11.6 Å². The third-order valence-corrected chi connectivity index (χ3v) is 6.19. The van der Waals surface area contributed by atoms with E-state index in [0.717, 1.165) is 58.8 Å². The standard InChI is InChI=1S/C20H30ClN2O.C2H6/c1-15-13-17(21)14-16(2)19(15)22-10-8-9-18(20(22)24)23(3)11-6-4-5-7-12-23;1-2/h13-14,18H,4-12H2,1-3H3;1-2H3/q+1;. The Kier molecular flexibility index (Phi) is 7.54. The molecule has 3 nitrogen and oxygen atoms in total. The fraction of sp³-hybridized carbons (Fsp3) is 0.682. The number of anilines is 1. The van der Waals surface area contributed by atoms with Crippen LogP contribution in [0.4, 0.5) is 5.69 Å². The van der Waals surface area contributed by atoms with Crippen LogP contribution in [0.5, 0.6) is 0 Å². The Bertz CT molecular complexity index is 598. The molecule has 4 heteroatoms. The molecule has 0 N–H and O–H groups in total. The predicted octanol–water partition coefficient (Wildman–Crippen LogP) is 5.50. The molecule has 0 spiro atoms. The summed E-state index contributed by atoms with van der Waals surface area (Å²) in [6.45, 7) is 11.2. The maximum atomic E-state index is 13.4. The van der Waals surface area contributed by atoms with Crippen LogP contribution in [0.15, 0.2) is 12.1 Å². The van der Waals surface area contributed by atoms with Gasteiger partial charge in [-0.1, -0.05) is 25.4 Å². The number of piperidine rings is 1. The van der Waals surface area contributed by atoms with Crippen molar-refractivity contribution in [2.75, 3.05) is 31.6 Å². The zero-order valence-electron chi connectivity index (χ0n) is 17.3. The third kappa shape index (κ3) is 4.43. The molecule has 2 aliphatic heterocycles. The van der Waals surface area contributed by atoms with Crippen LogP contribution in [0.1, 0.15) is 63.5 Å². The van der Waals surface area contributed by atoms with E-state index in [1.165, 1.54) is 25.7 Å². The number of hydrogen-bond acceptors (Lipinski definition) is 1. The second-order valence-electron chi connectivity index (χ2n) is 7.88. The normalized spacial score (nSPS) is 23.1. The van der Waals surface area contributed by atoms with E-state index in [1.54, 1.807) is 0 Å². The number of carbonyl (C=O) groups excluding carboxylic acids is 1. The molecular weight excluding hydrogens is 344 g/mol. The Hall–Kier alpha value is -1.06. The highest BCUT2D eigenvalue weighted by Crippen LogP contribution is 2.34. The molecule has 1 atom stereocenters. The molecule has 0 radical (unpaired) electrons.